The molecule has 0 spiro atoms. The predicted molar refractivity (Wildman–Crippen MR) is 87.5 cm³/mol. The van der Waals surface area contributed by atoms with Crippen molar-refractivity contribution >= 4 is 15.9 Å². The minimum atomic E-state index is -4.37. The fourth-order valence-corrected chi connectivity index (χ4v) is 2.64. The first-order valence-electron chi connectivity index (χ1n) is 7.14. The maximum Gasteiger partial charge on any atom is 0.416 e. The van der Waals surface area contributed by atoms with Crippen molar-refractivity contribution in [2.75, 3.05) is 13.6 Å². The van der Waals surface area contributed by atoms with Gasteiger partial charge in [0.25, 0.3) is 0 Å². The molecule has 0 saturated heterocycles. The van der Waals surface area contributed by atoms with E-state index < -0.39 is 11.7 Å². The first-order chi connectivity index (χ1) is 10.9. The molecule has 2 rings (SSSR count). The minimum Gasteiger partial charge on any atom is -0.485 e. The van der Waals surface area contributed by atoms with E-state index in [9.17, 15) is 13.2 Å². The van der Waals surface area contributed by atoms with Crippen molar-refractivity contribution < 1.29 is 17.9 Å². The second-order valence-corrected chi connectivity index (χ2v) is 5.91. The van der Waals surface area contributed by atoms with E-state index in [4.69, 9.17) is 4.74 Å². The van der Waals surface area contributed by atoms with Crippen LogP contribution in [0.4, 0.5) is 13.2 Å². The van der Waals surface area contributed by atoms with Gasteiger partial charge in [-0.15, -0.1) is 0 Å². The highest BCUT2D eigenvalue weighted by Gasteiger charge is 2.31. The fraction of sp³-hybridized carbons (Fsp3) is 0.294. The average molecular weight is 388 g/mol. The summed E-state index contributed by atoms with van der Waals surface area (Å²) in [6.07, 6.45) is -3.91. The Morgan fingerprint density at radius 2 is 1.83 bits per heavy atom. The normalized spacial score (nSPS) is 12.9. The predicted octanol–water partition coefficient (Wildman–Crippen LogP) is 5.20. The third-order valence-electron chi connectivity index (χ3n) is 3.36. The quantitative estimate of drug-likeness (QED) is 0.735. The van der Waals surface area contributed by atoms with E-state index in [0.717, 1.165) is 24.2 Å². The SMILES string of the molecule is CNCC[C@@H](Oc1ccc(C(F)(F)F)cc1Br)c1ccccc1. The lowest BCUT2D eigenvalue weighted by Crippen LogP contribution is -2.16. The molecule has 0 bridgehead atoms. The lowest BCUT2D eigenvalue weighted by atomic mass is 10.1. The van der Waals surface area contributed by atoms with Crippen LogP contribution in [0.5, 0.6) is 5.75 Å². The molecule has 0 aliphatic carbocycles. The van der Waals surface area contributed by atoms with Crippen molar-refractivity contribution in [2.45, 2.75) is 18.7 Å². The van der Waals surface area contributed by atoms with E-state index in [-0.39, 0.29) is 10.6 Å². The van der Waals surface area contributed by atoms with Gasteiger partial charge in [0.15, 0.2) is 0 Å². The average Bonchev–Trinajstić information content (AvgIpc) is 2.52. The first-order valence-corrected chi connectivity index (χ1v) is 7.94. The molecule has 1 N–H and O–H groups in total. The zero-order chi connectivity index (χ0) is 16.9. The van der Waals surface area contributed by atoms with Crippen LogP contribution < -0.4 is 10.1 Å². The van der Waals surface area contributed by atoms with Crippen molar-refractivity contribution in [2.24, 2.45) is 0 Å². The summed E-state index contributed by atoms with van der Waals surface area (Å²) in [5.41, 5.74) is 0.276. The van der Waals surface area contributed by atoms with Crippen LogP contribution in [0.2, 0.25) is 0 Å². The Morgan fingerprint density at radius 1 is 1.13 bits per heavy atom. The molecular weight excluding hydrogens is 371 g/mol. The van der Waals surface area contributed by atoms with Crippen molar-refractivity contribution in [3.8, 4) is 5.75 Å². The number of hydrogen-bond donors (Lipinski definition) is 1. The first kappa shape index (κ1) is 17.8. The minimum absolute atomic E-state index is 0.239. The van der Waals surface area contributed by atoms with Gasteiger partial charge in [0.05, 0.1) is 10.0 Å². The number of rotatable bonds is 6. The van der Waals surface area contributed by atoms with Crippen molar-refractivity contribution in [3.63, 3.8) is 0 Å². The van der Waals surface area contributed by atoms with Crippen LogP contribution >= 0.6 is 15.9 Å². The van der Waals surface area contributed by atoms with Crippen LogP contribution in [0.25, 0.3) is 0 Å². The monoisotopic (exact) mass is 387 g/mol. The smallest absolute Gasteiger partial charge is 0.416 e. The molecule has 124 valence electrons. The molecule has 6 heteroatoms. The Hall–Kier alpha value is -1.53. The summed E-state index contributed by atoms with van der Waals surface area (Å²) in [7, 11) is 1.84. The van der Waals surface area contributed by atoms with Gasteiger partial charge >= 0.3 is 6.18 Å². The van der Waals surface area contributed by atoms with Gasteiger partial charge in [-0.25, -0.2) is 0 Å². The summed E-state index contributed by atoms with van der Waals surface area (Å²) >= 11 is 3.17. The summed E-state index contributed by atoms with van der Waals surface area (Å²) < 4.78 is 44.4. The van der Waals surface area contributed by atoms with Gasteiger partial charge in [0.2, 0.25) is 0 Å². The Morgan fingerprint density at radius 3 is 2.39 bits per heavy atom. The highest BCUT2D eigenvalue weighted by atomic mass is 79.9. The Labute approximate surface area is 141 Å². The van der Waals surface area contributed by atoms with E-state index >= 15 is 0 Å². The van der Waals surface area contributed by atoms with E-state index in [2.05, 4.69) is 21.2 Å². The molecule has 0 amide bonds. The number of halogens is 4. The topological polar surface area (TPSA) is 21.3 Å². The van der Waals surface area contributed by atoms with Gasteiger partial charge in [-0.1, -0.05) is 30.3 Å². The molecule has 0 aliphatic heterocycles. The van der Waals surface area contributed by atoms with E-state index in [1.54, 1.807) is 0 Å². The molecule has 2 nitrogen and oxygen atoms in total. The summed E-state index contributed by atoms with van der Waals surface area (Å²) in [4.78, 5) is 0. The van der Waals surface area contributed by atoms with Gasteiger partial charge in [-0.3, -0.25) is 0 Å². The van der Waals surface area contributed by atoms with Crippen molar-refractivity contribution in [1.82, 2.24) is 5.32 Å². The zero-order valence-corrected chi connectivity index (χ0v) is 14.1. The molecule has 0 saturated carbocycles. The second-order valence-electron chi connectivity index (χ2n) is 5.05. The molecule has 0 aromatic heterocycles. The van der Waals surface area contributed by atoms with Gasteiger partial charge in [-0.05, 0) is 53.3 Å². The highest BCUT2D eigenvalue weighted by molar-refractivity contribution is 9.10. The molecule has 0 unspecified atom stereocenters. The van der Waals surface area contributed by atoms with E-state index in [1.165, 1.54) is 6.07 Å². The number of hydrogen-bond acceptors (Lipinski definition) is 2. The lowest BCUT2D eigenvalue weighted by molar-refractivity contribution is -0.137. The summed E-state index contributed by atoms with van der Waals surface area (Å²) in [6, 6.07) is 13.0. The Kier molecular flexibility index (Phi) is 6.07. The number of ether oxygens (including phenoxy) is 1. The summed E-state index contributed by atoms with van der Waals surface area (Å²) in [5, 5.41) is 3.06. The van der Waals surface area contributed by atoms with Gasteiger partial charge in [0.1, 0.15) is 11.9 Å². The van der Waals surface area contributed by atoms with Crippen molar-refractivity contribution in [3.05, 3.63) is 64.1 Å². The molecule has 0 fully saturated rings. The summed E-state index contributed by atoms with van der Waals surface area (Å²) in [6.45, 7) is 0.734. The molecular formula is C17H17BrF3NO. The standard InChI is InChI=1S/C17H17BrF3NO/c1-22-10-9-15(12-5-3-2-4-6-12)23-16-8-7-13(11-14(16)18)17(19,20)21/h2-8,11,15,22H,9-10H2,1H3/t15-/m1/s1. The molecule has 2 aromatic carbocycles. The molecule has 0 aliphatic rings. The van der Waals surface area contributed by atoms with Crippen LogP contribution in [0.3, 0.4) is 0 Å². The Balaban J connectivity index is 2.22. The molecule has 0 radical (unpaired) electrons. The Bertz CT molecular complexity index is 631. The molecule has 23 heavy (non-hydrogen) atoms. The van der Waals surface area contributed by atoms with E-state index in [1.807, 2.05) is 37.4 Å². The number of benzene rings is 2. The maximum atomic E-state index is 12.7. The van der Waals surface area contributed by atoms with Crippen LogP contribution in [0, 0.1) is 0 Å². The van der Waals surface area contributed by atoms with Crippen LogP contribution in [-0.2, 0) is 6.18 Å². The second kappa shape index (κ2) is 7.84. The summed E-state index contributed by atoms with van der Waals surface area (Å²) in [5.74, 6) is 0.392. The zero-order valence-electron chi connectivity index (χ0n) is 12.5. The van der Waals surface area contributed by atoms with Gasteiger partial charge < -0.3 is 10.1 Å². The lowest BCUT2D eigenvalue weighted by Gasteiger charge is -2.21. The fourth-order valence-electron chi connectivity index (χ4n) is 2.16. The largest absolute Gasteiger partial charge is 0.485 e. The van der Waals surface area contributed by atoms with E-state index in [0.29, 0.717) is 12.2 Å². The molecule has 1 atom stereocenters. The molecule has 0 heterocycles. The third-order valence-corrected chi connectivity index (χ3v) is 3.98. The third kappa shape index (κ3) is 4.97. The van der Waals surface area contributed by atoms with Crippen LogP contribution in [0.1, 0.15) is 23.7 Å². The van der Waals surface area contributed by atoms with Gasteiger partial charge in [0, 0.05) is 6.42 Å². The van der Waals surface area contributed by atoms with Crippen molar-refractivity contribution in [1.29, 1.82) is 0 Å². The maximum absolute atomic E-state index is 12.7. The number of nitrogens with one attached hydrogen (secondary N) is 1. The molecule has 2 aromatic rings. The van der Waals surface area contributed by atoms with Gasteiger partial charge in [-0.2, -0.15) is 13.2 Å². The number of alkyl halides is 3. The van der Waals surface area contributed by atoms with Crippen LogP contribution in [-0.4, -0.2) is 13.6 Å². The van der Waals surface area contributed by atoms with Crippen LogP contribution in [0.15, 0.2) is 53.0 Å². The highest BCUT2D eigenvalue weighted by Crippen LogP contribution is 2.36.